The van der Waals surface area contributed by atoms with Crippen LogP contribution < -0.4 is 4.74 Å². The summed E-state index contributed by atoms with van der Waals surface area (Å²) in [7, 11) is 0. The van der Waals surface area contributed by atoms with Gasteiger partial charge in [-0.05, 0) is 43.3 Å². The van der Waals surface area contributed by atoms with Crippen molar-refractivity contribution in [3.8, 4) is 5.75 Å². The molecule has 124 valence electrons. The summed E-state index contributed by atoms with van der Waals surface area (Å²) in [6, 6.07) is 10.1. The molecule has 1 atom stereocenters. The first-order valence-corrected chi connectivity index (χ1v) is 7.37. The van der Waals surface area contributed by atoms with Crippen molar-refractivity contribution >= 4 is 5.97 Å². The van der Waals surface area contributed by atoms with Gasteiger partial charge in [0.05, 0.1) is 25.0 Å². The lowest BCUT2D eigenvalue weighted by Crippen LogP contribution is -2.23. The highest BCUT2D eigenvalue weighted by Gasteiger charge is 2.08. The molecule has 0 amide bonds. The lowest BCUT2D eigenvalue weighted by molar-refractivity contribution is 0.000871. The van der Waals surface area contributed by atoms with Gasteiger partial charge in [-0.15, -0.1) is 0 Å². The largest absolute Gasteiger partial charge is 0.491 e. The lowest BCUT2D eigenvalue weighted by Gasteiger charge is -2.12. The fourth-order valence-corrected chi connectivity index (χ4v) is 1.83. The van der Waals surface area contributed by atoms with Crippen molar-refractivity contribution in [2.45, 2.75) is 19.6 Å². The van der Waals surface area contributed by atoms with Crippen molar-refractivity contribution in [2.24, 2.45) is 0 Å². The van der Waals surface area contributed by atoms with Gasteiger partial charge in [0, 0.05) is 0 Å². The molecule has 0 aliphatic rings. The number of hydrogen-bond donors (Lipinski definition) is 1. The third kappa shape index (κ3) is 5.77. The quantitative estimate of drug-likeness (QED) is 0.715. The molecule has 2 aromatic rings. The maximum absolute atomic E-state index is 11.5. The molecule has 1 aromatic carbocycles. The van der Waals surface area contributed by atoms with E-state index in [-0.39, 0.29) is 19.2 Å². The topological polar surface area (TPSA) is 78.1 Å². The van der Waals surface area contributed by atoms with Gasteiger partial charge in [-0.1, -0.05) is 0 Å². The zero-order valence-electron chi connectivity index (χ0n) is 12.9. The van der Waals surface area contributed by atoms with Crippen LogP contribution in [0.3, 0.4) is 0 Å². The normalized spacial score (nSPS) is 11.9. The molecule has 1 heterocycles. The number of aliphatic hydroxyl groups excluding tert-OH is 1. The van der Waals surface area contributed by atoms with E-state index in [1.807, 2.05) is 0 Å². The minimum Gasteiger partial charge on any atom is -0.491 e. The molecule has 0 aliphatic heterocycles. The Kier molecular flexibility index (Phi) is 6.65. The van der Waals surface area contributed by atoms with Gasteiger partial charge in [0.25, 0.3) is 0 Å². The van der Waals surface area contributed by atoms with Crippen molar-refractivity contribution < 1.29 is 28.5 Å². The first kappa shape index (κ1) is 17.1. The second-order valence-corrected chi connectivity index (χ2v) is 4.80. The third-order valence-electron chi connectivity index (χ3n) is 2.94. The van der Waals surface area contributed by atoms with Gasteiger partial charge in [-0.2, -0.15) is 0 Å². The zero-order chi connectivity index (χ0) is 16.5. The van der Waals surface area contributed by atoms with Crippen LogP contribution in [0.2, 0.25) is 0 Å². The third-order valence-corrected chi connectivity index (χ3v) is 2.94. The fraction of sp³-hybridized carbons (Fsp3) is 0.353. The summed E-state index contributed by atoms with van der Waals surface area (Å²) in [5.41, 5.74) is 0.460. The molecule has 1 unspecified atom stereocenters. The maximum atomic E-state index is 11.5. The molecule has 0 radical (unpaired) electrons. The first-order chi connectivity index (χ1) is 11.2. The lowest BCUT2D eigenvalue weighted by atomic mass is 10.2. The van der Waals surface area contributed by atoms with Crippen LogP contribution in [-0.4, -0.2) is 37.0 Å². The van der Waals surface area contributed by atoms with E-state index in [0.717, 1.165) is 0 Å². The van der Waals surface area contributed by atoms with E-state index in [0.29, 0.717) is 30.3 Å². The average Bonchev–Trinajstić information content (AvgIpc) is 3.07. The number of aliphatic hydroxyl groups is 1. The summed E-state index contributed by atoms with van der Waals surface area (Å²) in [5, 5.41) is 9.80. The average molecular weight is 320 g/mol. The highest BCUT2D eigenvalue weighted by atomic mass is 16.5. The van der Waals surface area contributed by atoms with E-state index in [2.05, 4.69) is 0 Å². The van der Waals surface area contributed by atoms with Gasteiger partial charge >= 0.3 is 5.97 Å². The molecular weight excluding hydrogens is 300 g/mol. The smallest absolute Gasteiger partial charge is 0.338 e. The molecule has 0 aliphatic carbocycles. The second kappa shape index (κ2) is 8.97. The van der Waals surface area contributed by atoms with E-state index < -0.39 is 6.10 Å². The summed E-state index contributed by atoms with van der Waals surface area (Å²) >= 11 is 0. The number of ether oxygens (including phenoxy) is 3. The number of hydrogen-bond acceptors (Lipinski definition) is 6. The van der Waals surface area contributed by atoms with Crippen LogP contribution >= 0.6 is 0 Å². The number of carbonyl (C=O) groups is 1. The van der Waals surface area contributed by atoms with Gasteiger partial charge in [-0.25, -0.2) is 4.79 Å². The number of esters is 1. The Morgan fingerprint density at radius 2 is 2.00 bits per heavy atom. The fourth-order valence-electron chi connectivity index (χ4n) is 1.83. The molecule has 2 rings (SSSR count). The predicted octanol–water partition coefficient (Wildman–Crippen LogP) is 2.41. The Hall–Kier alpha value is -2.31. The molecule has 0 spiro atoms. The van der Waals surface area contributed by atoms with Gasteiger partial charge in [0.2, 0.25) is 0 Å². The van der Waals surface area contributed by atoms with E-state index >= 15 is 0 Å². The molecule has 6 nitrogen and oxygen atoms in total. The first-order valence-electron chi connectivity index (χ1n) is 7.37. The Morgan fingerprint density at radius 1 is 1.22 bits per heavy atom. The second-order valence-electron chi connectivity index (χ2n) is 4.80. The summed E-state index contributed by atoms with van der Waals surface area (Å²) in [6.45, 7) is 2.63. The van der Waals surface area contributed by atoms with Crippen molar-refractivity contribution in [1.82, 2.24) is 0 Å². The molecule has 0 saturated carbocycles. The Labute approximate surface area is 134 Å². The number of rotatable bonds is 9. The molecule has 0 saturated heterocycles. The molecule has 1 aromatic heterocycles. The molecule has 6 heteroatoms. The van der Waals surface area contributed by atoms with Crippen LogP contribution in [0.5, 0.6) is 5.75 Å². The summed E-state index contributed by atoms with van der Waals surface area (Å²) in [4.78, 5) is 11.5. The van der Waals surface area contributed by atoms with E-state index in [1.54, 1.807) is 49.6 Å². The number of carbonyl (C=O) groups excluding carboxylic acids is 1. The monoisotopic (exact) mass is 320 g/mol. The summed E-state index contributed by atoms with van der Waals surface area (Å²) < 4.78 is 20.8. The number of furan rings is 1. The van der Waals surface area contributed by atoms with Gasteiger partial charge in [0.15, 0.2) is 0 Å². The standard InChI is InChI=1S/C17H20O6/c1-2-21-17(19)13-5-7-15(8-6-13)23-11-14(18)10-20-12-16-4-3-9-22-16/h3-9,14,18H,2,10-12H2,1H3. The van der Waals surface area contributed by atoms with Crippen LogP contribution in [0, 0.1) is 0 Å². The molecule has 23 heavy (non-hydrogen) atoms. The number of benzene rings is 1. The highest BCUT2D eigenvalue weighted by Crippen LogP contribution is 2.13. The summed E-state index contributed by atoms with van der Waals surface area (Å²) in [6.07, 6.45) is 0.813. The summed E-state index contributed by atoms with van der Waals surface area (Å²) in [5.74, 6) is 0.890. The van der Waals surface area contributed by atoms with E-state index in [1.165, 1.54) is 0 Å². The van der Waals surface area contributed by atoms with Crippen molar-refractivity contribution in [3.05, 3.63) is 54.0 Å². The molecule has 0 fully saturated rings. The van der Waals surface area contributed by atoms with E-state index in [9.17, 15) is 9.90 Å². The minimum absolute atomic E-state index is 0.0942. The van der Waals surface area contributed by atoms with Crippen LogP contribution in [0.15, 0.2) is 47.1 Å². The Balaban J connectivity index is 1.69. The van der Waals surface area contributed by atoms with Gasteiger partial charge in [-0.3, -0.25) is 0 Å². The van der Waals surface area contributed by atoms with E-state index in [4.69, 9.17) is 18.6 Å². The van der Waals surface area contributed by atoms with Crippen LogP contribution in [0.1, 0.15) is 23.0 Å². The Bertz CT molecular complexity index is 576. The van der Waals surface area contributed by atoms with Crippen LogP contribution in [0.4, 0.5) is 0 Å². The maximum Gasteiger partial charge on any atom is 0.338 e. The SMILES string of the molecule is CCOC(=O)c1ccc(OCC(O)COCc2ccco2)cc1. The molecule has 1 N–H and O–H groups in total. The van der Waals surface area contributed by atoms with Crippen molar-refractivity contribution in [2.75, 3.05) is 19.8 Å². The van der Waals surface area contributed by atoms with Crippen LogP contribution in [-0.2, 0) is 16.1 Å². The van der Waals surface area contributed by atoms with Crippen molar-refractivity contribution in [3.63, 3.8) is 0 Å². The Morgan fingerprint density at radius 3 is 2.65 bits per heavy atom. The molecule has 0 bridgehead atoms. The highest BCUT2D eigenvalue weighted by molar-refractivity contribution is 5.89. The van der Waals surface area contributed by atoms with Crippen LogP contribution in [0.25, 0.3) is 0 Å². The van der Waals surface area contributed by atoms with Crippen molar-refractivity contribution in [1.29, 1.82) is 0 Å². The predicted molar refractivity (Wildman–Crippen MR) is 82.3 cm³/mol. The van der Waals surface area contributed by atoms with Gasteiger partial charge < -0.3 is 23.7 Å². The minimum atomic E-state index is -0.755. The molecular formula is C17H20O6. The van der Waals surface area contributed by atoms with Gasteiger partial charge in [0.1, 0.15) is 30.8 Å². The zero-order valence-corrected chi connectivity index (χ0v) is 12.9.